The van der Waals surface area contributed by atoms with Gasteiger partial charge in [0.2, 0.25) is 0 Å². The van der Waals surface area contributed by atoms with Crippen molar-refractivity contribution in [1.82, 2.24) is 10.3 Å². The molecular formula is C16H22N2OS. The highest BCUT2D eigenvalue weighted by atomic mass is 32.1. The second-order valence-electron chi connectivity index (χ2n) is 5.08. The van der Waals surface area contributed by atoms with E-state index in [0.29, 0.717) is 12.5 Å². The van der Waals surface area contributed by atoms with Crippen molar-refractivity contribution in [3.05, 3.63) is 45.9 Å². The van der Waals surface area contributed by atoms with Gasteiger partial charge in [-0.3, -0.25) is 0 Å². The van der Waals surface area contributed by atoms with E-state index in [1.54, 1.807) is 11.3 Å². The summed E-state index contributed by atoms with van der Waals surface area (Å²) in [4.78, 5) is 5.68. The first kappa shape index (κ1) is 15.0. The number of hydrogen-bond donors (Lipinski definition) is 1. The Kier molecular flexibility index (Phi) is 5.56. The summed E-state index contributed by atoms with van der Waals surface area (Å²) in [5, 5.41) is 4.27. The third-order valence-corrected chi connectivity index (χ3v) is 4.12. The average Bonchev–Trinajstić information content (AvgIpc) is 2.87. The van der Waals surface area contributed by atoms with E-state index in [4.69, 9.17) is 4.74 Å². The Hall–Kier alpha value is -1.39. The molecule has 0 fully saturated rings. The summed E-state index contributed by atoms with van der Waals surface area (Å²) < 4.78 is 5.82. The van der Waals surface area contributed by atoms with Gasteiger partial charge in [-0.1, -0.05) is 26.0 Å². The SMILES string of the molecule is CNCc1cnc(CCOc2cccc(C(C)C)c2)s1. The number of hydrogen-bond acceptors (Lipinski definition) is 4. The lowest BCUT2D eigenvalue weighted by atomic mass is 10.0. The fourth-order valence-corrected chi connectivity index (χ4v) is 2.85. The van der Waals surface area contributed by atoms with Crippen molar-refractivity contribution in [3.63, 3.8) is 0 Å². The Morgan fingerprint density at radius 2 is 2.20 bits per heavy atom. The van der Waals surface area contributed by atoms with E-state index >= 15 is 0 Å². The van der Waals surface area contributed by atoms with Gasteiger partial charge in [0.05, 0.1) is 11.6 Å². The van der Waals surface area contributed by atoms with E-state index in [-0.39, 0.29) is 0 Å². The topological polar surface area (TPSA) is 34.2 Å². The maximum Gasteiger partial charge on any atom is 0.119 e. The van der Waals surface area contributed by atoms with Crippen LogP contribution in [0.2, 0.25) is 0 Å². The number of thiazole rings is 1. The zero-order valence-electron chi connectivity index (χ0n) is 12.3. The lowest BCUT2D eigenvalue weighted by molar-refractivity contribution is 0.321. The fourth-order valence-electron chi connectivity index (χ4n) is 1.94. The van der Waals surface area contributed by atoms with Crippen LogP contribution in [0.5, 0.6) is 5.75 Å². The van der Waals surface area contributed by atoms with Crippen molar-refractivity contribution in [2.75, 3.05) is 13.7 Å². The van der Waals surface area contributed by atoms with Crippen LogP contribution in [-0.2, 0) is 13.0 Å². The van der Waals surface area contributed by atoms with Crippen molar-refractivity contribution in [2.45, 2.75) is 32.7 Å². The molecule has 108 valence electrons. The minimum absolute atomic E-state index is 0.529. The fraction of sp³-hybridized carbons (Fsp3) is 0.438. The summed E-state index contributed by atoms with van der Waals surface area (Å²) in [5.74, 6) is 1.48. The number of ether oxygens (including phenoxy) is 1. The van der Waals surface area contributed by atoms with Crippen LogP contribution in [0.3, 0.4) is 0 Å². The molecule has 3 nitrogen and oxygen atoms in total. The molecule has 2 rings (SSSR count). The highest BCUT2D eigenvalue weighted by molar-refractivity contribution is 7.11. The van der Waals surface area contributed by atoms with E-state index < -0.39 is 0 Å². The molecule has 0 aliphatic heterocycles. The zero-order chi connectivity index (χ0) is 14.4. The Labute approximate surface area is 125 Å². The van der Waals surface area contributed by atoms with Crippen LogP contribution in [0.25, 0.3) is 0 Å². The van der Waals surface area contributed by atoms with Crippen LogP contribution in [-0.4, -0.2) is 18.6 Å². The molecule has 0 aliphatic rings. The monoisotopic (exact) mass is 290 g/mol. The van der Waals surface area contributed by atoms with E-state index in [1.807, 2.05) is 19.3 Å². The molecule has 2 aromatic rings. The molecule has 0 unspecified atom stereocenters. The summed E-state index contributed by atoms with van der Waals surface area (Å²) in [6.45, 7) is 5.94. The summed E-state index contributed by atoms with van der Waals surface area (Å²) in [7, 11) is 1.95. The molecule has 0 atom stereocenters. The molecule has 0 saturated heterocycles. The smallest absolute Gasteiger partial charge is 0.119 e. The number of nitrogens with zero attached hydrogens (tertiary/aromatic N) is 1. The molecule has 0 amide bonds. The molecule has 0 radical (unpaired) electrons. The Morgan fingerprint density at radius 1 is 1.35 bits per heavy atom. The molecule has 0 aliphatic carbocycles. The number of nitrogens with one attached hydrogen (secondary N) is 1. The molecular weight excluding hydrogens is 268 g/mol. The van der Waals surface area contributed by atoms with Crippen LogP contribution >= 0.6 is 11.3 Å². The first-order valence-electron chi connectivity index (χ1n) is 7.00. The lowest BCUT2D eigenvalue weighted by Crippen LogP contribution is -2.02. The Bertz CT molecular complexity index is 537. The first-order chi connectivity index (χ1) is 9.69. The molecule has 0 spiro atoms. The second kappa shape index (κ2) is 7.41. The highest BCUT2D eigenvalue weighted by Crippen LogP contribution is 2.20. The maximum atomic E-state index is 5.82. The van der Waals surface area contributed by atoms with Gasteiger partial charge in [0.15, 0.2) is 0 Å². The van der Waals surface area contributed by atoms with Crippen LogP contribution in [0, 0.1) is 0 Å². The Balaban J connectivity index is 1.84. The Morgan fingerprint density at radius 3 is 2.95 bits per heavy atom. The van der Waals surface area contributed by atoms with Crippen LogP contribution in [0.4, 0.5) is 0 Å². The van der Waals surface area contributed by atoms with Crippen molar-refractivity contribution in [1.29, 1.82) is 0 Å². The molecule has 1 aromatic carbocycles. The van der Waals surface area contributed by atoms with Gasteiger partial charge < -0.3 is 10.1 Å². The normalized spacial score (nSPS) is 11.0. The molecule has 0 bridgehead atoms. The molecule has 1 heterocycles. The molecule has 4 heteroatoms. The first-order valence-corrected chi connectivity index (χ1v) is 7.81. The standard InChI is InChI=1S/C16H22N2OS/c1-12(2)13-5-4-6-14(9-13)19-8-7-16-18-11-15(20-16)10-17-3/h4-6,9,11-12,17H,7-8,10H2,1-3H3. The van der Waals surface area contributed by atoms with Gasteiger partial charge in [-0.2, -0.15) is 0 Å². The summed E-state index contributed by atoms with van der Waals surface area (Å²) in [5.41, 5.74) is 1.31. The van der Waals surface area contributed by atoms with Crippen molar-refractivity contribution in [2.24, 2.45) is 0 Å². The number of benzene rings is 1. The third-order valence-electron chi connectivity index (χ3n) is 3.06. The van der Waals surface area contributed by atoms with Crippen molar-refractivity contribution >= 4 is 11.3 Å². The molecule has 1 N–H and O–H groups in total. The summed E-state index contributed by atoms with van der Waals surface area (Å²) in [6.07, 6.45) is 2.80. The number of rotatable bonds is 7. The molecule has 1 aromatic heterocycles. The lowest BCUT2D eigenvalue weighted by Gasteiger charge is -2.09. The van der Waals surface area contributed by atoms with Gasteiger partial charge >= 0.3 is 0 Å². The van der Waals surface area contributed by atoms with Gasteiger partial charge in [0.1, 0.15) is 5.75 Å². The predicted octanol–water partition coefficient (Wildman–Crippen LogP) is 3.61. The quantitative estimate of drug-likeness (QED) is 0.846. The van der Waals surface area contributed by atoms with E-state index in [2.05, 4.69) is 42.3 Å². The van der Waals surface area contributed by atoms with Crippen LogP contribution < -0.4 is 10.1 Å². The third kappa shape index (κ3) is 4.32. The van der Waals surface area contributed by atoms with Gasteiger partial charge in [-0.05, 0) is 30.7 Å². The minimum atomic E-state index is 0.529. The highest BCUT2D eigenvalue weighted by Gasteiger charge is 2.03. The zero-order valence-corrected chi connectivity index (χ0v) is 13.2. The second-order valence-corrected chi connectivity index (χ2v) is 6.28. The van der Waals surface area contributed by atoms with Crippen LogP contribution in [0.1, 0.15) is 35.2 Å². The maximum absolute atomic E-state index is 5.82. The van der Waals surface area contributed by atoms with E-state index in [0.717, 1.165) is 23.7 Å². The van der Waals surface area contributed by atoms with Crippen molar-refractivity contribution in [3.8, 4) is 5.75 Å². The largest absolute Gasteiger partial charge is 0.493 e. The summed E-state index contributed by atoms with van der Waals surface area (Å²) >= 11 is 1.75. The van der Waals surface area contributed by atoms with Gasteiger partial charge in [0.25, 0.3) is 0 Å². The minimum Gasteiger partial charge on any atom is -0.493 e. The van der Waals surface area contributed by atoms with E-state index in [9.17, 15) is 0 Å². The van der Waals surface area contributed by atoms with Crippen LogP contribution in [0.15, 0.2) is 30.5 Å². The summed E-state index contributed by atoms with van der Waals surface area (Å²) in [6, 6.07) is 8.33. The van der Waals surface area contributed by atoms with E-state index in [1.165, 1.54) is 10.4 Å². The molecule has 20 heavy (non-hydrogen) atoms. The van der Waals surface area contributed by atoms with Crippen molar-refractivity contribution < 1.29 is 4.74 Å². The van der Waals surface area contributed by atoms with Gasteiger partial charge in [-0.25, -0.2) is 4.98 Å². The van der Waals surface area contributed by atoms with Gasteiger partial charge in [0, 0.05) is 24.0 Å². The molecule has 0 saturated carbocycles. The predicted molar refractivity (Wildman–Crippen MR) is 84.6 cm³/mol. The number of aromatic nitrogens is 1. The average molecular weight is 290 g/mol. The van der Waals surface area contributed by atoms with Gasteiger partial charge in [-0.15, -0.1) is 11.3 Å².